The molecule has 1 aliphatic rings. The number of nitrogens with one attached hydrogen (secondary N) is 2. The highest BCUT2D eigenvalue weighted by Gasteiger charge is 2.33. The summed E-state index contributed by atoms with van der Waals surface area (Å²) in [7, 11) is 0. The minimum Gasteiger partial charge on any atom is -0.382 e. The van der Waals surface area contributed by atoms with Crippen molar-refractivity contribution in [2.45, 2.75) is 52.5 Å². The summed E-state index contributed by atoms with van der Waals surface area (Å²) in [6.45, 7) is 7.41. The Morgan fingerprint density at radius 3 is 2.70 bits per heavy atom. The lowest BCUT2D eigenvalue weighted by Gasteiger charge is -2.30. The second-order valence-electron chi connectivity index (χ2n) is 7.12. The van der Waals surface area contributed by atoms with Gasteiger partial charge >= 0.3 is 0 Å². The molecule has 0 amide bonds. The van der Waals surface area contributed by atoms with Crippen LogP contribution in [0.15, 0.2) is 23.2 Å². The molecule has 1 saturated carbocycles. The van der Waals surface area contributed by atoms with E-state index in [4.69, 9.17) is 10.00 Å². The third-order valence-electron chi connectivity index (χ3n) is 5.21. The fraction of sp³-hybridized carbons (Fsp3) is 0.619. The molecular formula is C21H31FN4O. The van der Waals surface area contributed by atoms with Gasteiger partial charge in [0.15, 0.2) is 5.96 Å². The van der Waals surface area contributed by atoms with Gasteiger partial charge in [0.1, 0.15) is 5.82 Å². The van der Waals surface area contributed by atoms with Crippen molar-refractivity contribution in [3.63, 3.8) is 0 Å². The van der Waals surface area contributed by atoms with E-state index in [1.165, 1.54) is 31.7 Å². The number of nitriles is 1. The second kappa shape index (κ2) is 10.9. The quantitative estimate of drug-likeness (QED) is 0.392. The fourth-order valence-electron chi connectivity index (χ4n) is 3.60. The van der Waals surface area contributed by atoms with Gasteiger partial charge in [-0.2, -0.15) is 5.26 Å². The SMILES string of the molecule is CCNC(=NCc1ccc(C#N)cc1F)NCC1(CCOCC)CCCC1. The van der Waals surface area contributed by atoms with E-state index in [1.54, 1.807) is 12.1 Å². The number of rotatable bonds is 9. The molecule has 6 heteroatoms. The zero-order valence-electron chi connectivity index (χ0n) is 16.5. The molecule has 148 valence electrons. The van der Waals surface area contributed by atoms with E-state index in [0.29, 0.717) is 17.1 Å². The first-order chi connectivity index (χ1) is 13.1. The number of nitrogens with zero attached hydrogens (tertiary/aromatic N) is 2. The first-order valence-corrected chi connectivity index (χ1v) is 9.91. The first kappa shape index (κ1) is 21.2. The molecule has 0 aromatic heterocycles. The van der Waals surface area contributed by atoms with Gasteiger partial charge in [-0.05, 0) is 50.7 Å². The predicted molar refractivity (Wildman–Crippen MR) is 106 cm³/mol. The van der Waals surface area contributed by atoms with Gasteiger partial charge in [0, 0.05) is 31.9 Å². The molecule has 1 fully saturated rings. The summed E-state index contributed by atoms with van der Waals surface area (Å²) in [4.78, 5) is 4.53. The Balaban J connectivity index is 1.99. The molecule has 2 N–H and O–H groups in total. The van der Waals surface area contributed by atoms with Gasteiger partial charge in [-0.25, -0.2) is 9.38 Å². The number of hydrogen-bond donors (Lipinski definition) is 2. The van der Waals surface area contributed by atoms with Crippen molar-refractivity contribution in [1.82, 2.24) is 10.6 Å². The monoisotopic (exact) mass is 374 g/mol. The molecule has 1 aromatic carbocycles. The molecule has 0 heterocycles. The van der Waals surface area contributed by atoms with Crippen molar-refractivity contribution in [3.05, 3.63) is 35.1 Å². The molecule has 0 saturated heterocycles. The molecule has 0 spiro atoms. The van der Waals surface area contributed by atoms with Crippen LogP contribution in [0.2, 0.25) is 0 Å². The van der Waals surface area contributed by atoms with Gasteiger partial charge in [0.25, 0.3) is 0 Å². The van der Waals surface area contributed by atoms with Crippen LogP contribution in [0.5, 0.6) is 0 Å². The number of benzene rings is 1. The molecule has 0 unspecified atom stereocenters. The van der Waals surface area contributed by atoms with Crippen molar-refractivity contribution in [1.29, 1.82) is 5.26 Å². The Morgan fingerprint density at radius 1 is 1.30 bits per heavy atom. The van der Waals surface area contributed by atoms with Crippen molar-refractivity contribution in [2.24, 2.45) is 10.4 Å². The highest BCUT2D eigenvalue weighted by Crippen LogP contribution is 2.40. The van der Waals surface area contributed by atoms with E-state index in [1.807, 2.05) is 19.9 Å². The van der Waals surface area contributed by atoms with Crippen LogP contribution in [0.1, 0.15) is 57.1 Å². The predicted octanol–water partition coefficient (Wildman–Crippen LogP) is 3.74. The highest BCUT2D eigenvalue weighted by molar-refractivity contribution is 5.79. The third-order valence-corrected chi connectivity index (χ3v) is 5.21. The zero-order chi connectivity index (χ0) is 19.5. The van der Waals surface area contributed by atoms with Crippen LogP contribution in [0, 0.1) is 22.6 Å². The number of ether oxygens (including phenoxy) is 1. The normalized spacial score (nSPS) is 16.1. The molecule has 5 nitrogen and oxygen atoms in total. The first-order valence-electron chi connectivity index (χ1n) is 9.91. The van der Waals surface area contributed by atoms with Crippen LogP contribution in [0.4, 0.5) is 4.39 Å². The smallest absolute Gasteiger partial charge is 0.191 e. The van der Waals surface area contributed by atoms with Gasteiger partial charge in [0.05, 0.1) is 18.2 Å². The average molecular weight is 375 g/mol. The van der Waals surface area contributed by atoms with Crippen LogP contribution in [0.3, 0.4) is 0 Å². The zero-order valence-corrected chi connectivity index (χ0v) is 16.5. The van der Waals surface area contributed by atoms with Crippen LogP contribution < -0.4 is 10.6 Å². The van der Waals surface area contributed by atoms with E-state index in [2.05, 4.69) is 15.6 Å². The van der Waals surface area contributed by atoms with E-state index in [-0.39, 0.29) is 12.0 Å². The maximum Gasteiger partial charge on any atom is 0.191 e. The summed E-state index contributed by atoms with van der Waals surface area (Å²) in [5, 5.41) is 15.5. The van der Waals surface area contributed by atoms with Crippen LogP contribution in [-0.2, 0) is 11.3 Å². The molecular weight excluding hydrogens is 343 g/mol. The van der Waals surface area contributed by atoms with Gasteiger partial charge in [-0.3, -0.25) is 0 Å². The maximum atomic E-state index is 14.1. The topological polar surface area (TPSA) is 69.4 Å². The molecule has 1 aromatic rings. The van der Waals surface area contributed by atoms with Crippen LogP contribution >= 0.6 is 0 Å². The number of guanidine groups is 1. The van der Waals surface area contributed by atoms with Gasteiger partial charge < -0.3 is 15.4 Å². The Morgan fingerprint density at radius 2 is 2.07 bits per heavy atom. The third kappa shape index (κ3) is 6.51. The van der Waals surface area contributed by atoms with E-state index >= 15 is 0 Å². The lowest BCUT2D eigenvalue weighted by molar-refractivity contribution is 0.105. The Hall–Kier alpha value is -2.13. The van der Waals surface area contributed by atoms with E-state index in [9.17, 15) is 4.39 Å². The number of aliphatic imine (C=N–C) groups is 1. The summed E-state index contributed by atoms with van der Waals surface area (Å²) in [5.41, 5.74) is 1.06. The molecule has 0 aliphatic heterocycles. The molecule has 1 aliphatic carbocycles. The Kier molecular flexibility index (Phi) is 8.53. The highest BCUT2D eigenvalue weighted by atomic mass is 19.1. The van der Waals surface area contributed by atoms with Gasteiger partial charge in [-0.1, -0.05) is 18.9 Å². The van der Waals surface area contributed by atoms with Crippen molar-refractivity contribution in [2.75, 3.05) is 26.3 Å². The summed E-state index contributed by atoms with van der Waals surface area (Å²) >= 11 is 0. The fourth-order valence-corrected chi connectivity index (χ4v) is 3.60. The maximum absolute atomic E-state index is 14.1. The summed E-state index contributed by atoms with van der Waals surface area (Å²) in [6, 6.07) is 6.45. The number of hydrogen-bond acceptors (Lipinski definition) is 3. The standard InChI is InChI=1S/C21H31FN4O/c1-3-24-20(25-15-18-8-7-17(14-23)13-19(18)22)26-16-21(9-5-6-10-21)11-12-27-4-2/h7-8,13H,3-6,9-12,15-16H2,1-2H3,(H2,24,25,26). The van der Waals surface area contributed by atoms with Crippen molar-refractivity contribution < 1.29 is 9.13 Å². The van der Waals surface area contributed by atoms with E-state index in [0.717, 1.165) is 32.7 Å². The number of halogens is 1. The lowest BCUT2D eigenvalue weighted by atomic mass is 9.83. The Bertz CT molecular complexity index is 663. The molecule has 0 radical (unpaired) electrons. The second-order valence-corrected chi connectivity index (χ2v) is 7.12. The Labute approximate surface area is 162 Å². The van der Waals surface area contributed by atoms with Crippen LogP contribution in [-0.4, -0.2) is 32.3 Å². The van der Waals surface area contributed by atoms with Crippen LogP contribution in [0.25, 0.3) is 0 Å². The molecule has 0 bridgehead atoms. The summed E-state index contributed by atoms with van der Waals surface area (Å²) in [5.74, 6) is 0.307. The van der Waals surface area contributed by atoms with Crippen molar-refractivity contribution in [3.8, 4) is 6.07 Å². The average Bonchev–Trinajstić information content (AvgIpc) is 3.14. The van der Waals surface area contributed by atoms with Gasteiger partial charge in [0.2, 0.25) is 0 Å². The minimum absolute atomic E-state index is 0.235. The van der Waals surface area contributed by atoms with E-state index < -0.39 is 5.82 Å². The lowest BCUT2D eigenvalue weighted by Crippen LogP contribution is -2.43. The molecule has 27 heavy (non-hydrogen) atoms. The minimum atomic E-state index is -0.391. The molecule has 0 atom stereocenters. The van der Waals surface area contributed by atoms with Gasteiger partial charge in [-0.15, -0.1) is 0 Å². The summed E-state index contributed by atoms with van der Waals surface area (Å²) in [6.07, 6.45) is 5.99. The van der Waals surface area contributed by atoms with Crippen molar-refractivity contribution >= 4 is 5.96 Å². The largest absolute Gasteiger partial charge is 0.382 e. The summed E-state index contributed by atoms with van der Waals surface area (Å²) < 4.78 is 19.6. The molecule has 2 rings (SSSR count).